The van der Waals surface area contributed by atoms with Gasteiger partial charge < -0.3 is 10.1 Å². The highest BCUT2D eigenvalue weighted by molar-refractivity contribution is 6.39. The summed E-state index contributed by atoms with van der Waals surface area (Å²) in [5, 5.41) is 4.18. The van der Waals surface area contributed by atoms with E-state index in [1.165, 1.54) is 17.9 Å². The molecule has 134 valence electrons. The average Bonchev–Trinajstić information content (AvgIpc) is 3.45. The Labute approximate surface area is 147 Å². The second kappa shape index (κ2) is 8.11. The van der Waals surface area contributed by atoms with Crippen LogP contribution in [0.1, 0.15) is 26.2 Å². The number of rotatable bonds is 8. The topological polar surface area (TPSA) is 83.0 Å². The van der Waals surface area contributed by atoms with Crippen LogP contribution in [0, 0.1) is 5.92 Å². The van der Waals surface area contributed by atoms with Gasteiger partial charge in [-0.2, -0.15) is 0 Å². The first kappa shape index (κ1) is 17.4. The van der Waals surface area contributed by atoms with Gasteiger partial charge in [0.1, 0.15) is 6.04 Å². The molecular formula is C18H24N4O3. The van der Waals surface area contributed by atoms with Crippen molar-refractivity contribution in [3.8, 4) is 0 Å². The van der Waals surface area contributed by atoms with Crippen molar-refractivity contribution in [1.82, 2.24) is 10.7 Å². The monoisotopic (exact) mass is 344 g/mol. The predicted molar refractivity (Wildman–Crippen MR) is 95.1 cm³/mol. The van der Waals surface area contributed by atoms with Crippen molar-refractivity contribution >= 4 is 23.3 Å². The maximum atomic E-state index is 12.3. The minimum atomic E-state index is -0.607. The van der Waals surface area contributed by atoms with Crippen molar-refractivity contribution in [2.45, 2.75) is 32.2 Å². The summed E-state index contributed by atoms with van der Waals surface area (Å²) in [6, 6.07) is 8.54. The summed E-state index contributed by atoms with van der Waals surface area (Å²) >= 11 is 0. The lowest BCUT2D eigenvalue weighted by Gasteiger charge is -2.30. The zero-order valence-electron chi connectivity index (χ0n) is 14.4. The molecule has 0 spiro atoms. The molecular weight excluding hydrogens is 320 g/mol. The molecule has 25 heavy (non-hydrogen) atoms. The van der Waals surface area contributed by atoms with Crippen molar-refractivity contribution in [3.63, 3.8) is 0 Å². The normalized spacial score (nSPS) is 20.0. The molecule has 0 radical (unpaired) electrons. The molecule has 1 aliphatic carbocycles. The first-order valence-corrected chi connectivity index (χ1v) is 8.74. The SMILES string of the molecule is C[C@H]1N=C(C(=O)NCCCOCC2CC2)NN(c2ccccc2)C1=O. The number of carbonyl (C=O) groups excluding carboxylic acids is 2. The van der Waals surface area contributed by atoms with Gasteiger partial charge >= 0.3 is 0 Å². The van der Waals surface area contributed by atoms with Crippen LogP contribution < -0.4 is 15.8 Å². The van der Waals surface area contributed by atoms with Gasteiger partial charge in [0.2, 0.25) is 5.84 Å². The Morgan fingerprint density at radius 3 is 2.84 bits per heavy atom. The summed E-state index contributed by atoms with van der Waals surface area (Å²) in [5.41, 5.74) is 3.49. The Balaban J connectivity index is 1.49. The lowest BCUT2D eigenvalue weighted by atomic mass is 10.2. The number of hydrogen-bond acceptors (Lipinski definition) is 5. The number of nitrogens with zero attached hydrogens (tertiary/aromatic N) is 2. The molecule has 1 aliphatic heterocycles. The molecule has 7 heteroatoms. The van der Waals surface area contributed by atoms with Crippen molar-refractivity contribution in [2.24, 2.45) is 10.9 Å². The largest absolute Gasteiger partial charge is 0.381 e. The molecule has 1 aromatic carbocycles. The second-order valence-electron chi connectivity index (χ2n) is 6.40. The number of nitrogens with one attached hydrogen (secondary N) is 2. The molecule has 1 saturated carbocycles. The van der Waals surface area contributed by atoms with E-state index in [9.17, 15) is 9.59 Å². The van der Waals surface area contributed by atoms with Crippen LogP contribution in [0.3, 0.4) is 0 Å². The van der Waals surface area contributed by atoms with Gasteiger partial charge in [0.15, 0.2) is 0 Å². The van der Waals surface area contributed by atoms with E-state index < -0.39 is 6.04 Å². The van der Waals surface area contributed by atoms with Crippen molar-refractivity contribution in [2.75, 3.05) is 24.8 Å². The third kappa shape index (κ3) is 4.79. The standard InChI is InChI=1S/C18H24N4O3/c1-13-18(24)22(15-6-3-2-4-7-15)21-16(20-13)17(23)19-10-5-11-25-12-14-8-9-14/h2-4,6-7,13-14H,5,8-12H2,1H3,(H,19,23)(H,20,21)/t13-/m1/s1. The van der Waals surface area contributed by atoms with E-state index >= 15 is 0 Å². The van der Waals surface area contributed by atoms with Crippen LogP contribution in [0.15, 0.2) is 35.3 Å². The minimum Gasteiger partial charge on any atom is -0.381 e. The Bertz CT molecular complexity index is 643. The summed E-state index contributed by atoms with van der Waals surface area (Å²) in [6.45, 7) is 3.66. The quantitative estimate of drug-likeness (QED) is 0.696. The number of amidine groups is 1. The van der Waals surface area contributed by atoms with Gasteiger partial charge in [-0.15, -0.1) is 0 Å². The van der Waals surface area contributed by atoms with Gasteiger partial charge in [0, 0.05) is 19.8 Å². The number of para-hydroxylation sites is 1. The number of hydrazine groups is 1. The average molecular weight is 344 g/mol. The third-order valence-corrected chi connectivity index (χ3v) is 4.15. The maximum Gasteiger partial charge on any atom is 0.288 e. The Morgan fingerprint density at radius 1 is 1.36 bits per heavy atom. The zero-order chi connectivity index (χ0) is 17.6. The Hall–Kier alpha value is -2.41. The van der Waals surface area contributed by atoms with E-state index in [1.807, 2.05) is 18.2 Å². The fourth-order valence-corrected chi connectivity index (χ4v) is 2.50. The smallest absolute Gasteiger partial charge is 0.288 e. The van der Waals surface area contributed by atoms with Crippen LogP contribution >= 0.6 is 0 Å². The Kier molecular flexibility index (Phi) is 5.65. The number of ether oxygens (including phenoxy) is 1. The Morgan fingerprint density at radius 2 is 2.12 bits per heavy atom. The molecule has 0 bridgehead atoms. The summed E-state index contributed by atoms with van der Waals surface area (Å²) in [6.07, 6.45) is 3.30. The summed E-state index contributed by atoms with van der Waals surface area (Å²) in [5.74, 6) is 0.381. The minimum absolute atomic E-state index is 0.148. The van der Waals surface area contributed by atoms with Crippen LogP contribution in [-0.2, 0) is 14.3 Å². The van der Waals surface area contributed by atoms with Gasteiger partial charge in [-0.3, -0.25) is 15.0 Å². The first-order chi connectivity index (χ1) is 12.1. The molecule has 1 aromatic rings. The van der Waals surface area contributed by atoms with E-state index in [4.69, 9.17) is 4.74 Å². The molecule has 0 aromatic heterocycles. The zero-order valence-corrected chi connectivity index (χ0v) is 14.4. The van der Waals surface area contributed by atoms with Gasteiger partial charge in [-0.1, -0.05) is 18.2 Å². The number of anilines is 1. The molecule has 7 nitrogen and oxygen atoms in total. The lowest BCUT2D eigenvalue weighted by Crippen LogP contribution is -2.58. The van der Waals surface area contributed by atoms with Crippen LogP contribution in [0.25, 0.3) is 0 Å². The molecule has 3 rings (SSSR count). The highest BCUT2D eigenvalue weighted by atomic mass is 16.5. The van der Waals surface area contributed by atoms with Gasteiger partial charge in [-0.05, 0) is 44.2 Å². The van der Waals surface area contributed by atoms with E-state index in [0.717, 1.165) is 18.9 Å². The molecule has 2 N–H and O–H groups in total. The molecule has 2 aliphatic rings. The molecule has 1 fully saturated rings. The molecule has 1 atom stereocenters. The van der Waals surface area contributed by atoms with Gasteiger partial charge in [-0.25, -0.2) is 10.0 Å². The van der Waals surface area contributed by atoms with Crippen LogP contribution in [0.2, 0.25) is 0 Å². The van der Waals surface area contributed by atoms with Gasteiger partial charge in [0.05, 0.1) is 5.69 Å². The fraction of sp³-hybridized carbons (Fsp3) is 0.500. The molecule has 0 saturated heterocycles. The third-order valence-electron chi connectivity index (χ3n) is 4.15. The van der Waals surface area contributed by atoms with Crippen LogP contribution in [-0.4, -0.2) is 43.5 Å². The highest BCUT2D eigenvalue weighted by Gasteiger charge is 2.30. The van der Waals surface area contributed by atoms with E-state index in [2.05, 4.69) is 15.7 Å². The van der Waals surface area contributed by atoms with E-state index in [0.29, 0.717) is 18.8 Å². The van der Waals surface area contributed by atoms with E-state index in [-0.39, 0.29) is 17.6 Å². The summed E-state index contributed by atoms with van der Waals surface area (Å²) in [4.78, 5) is 28.7. The molecule has 0 unspecified atom stereocenters. The second-order valence-corrected chi connectivity index (χ2v) is 6.40. The van der Waals surface area contributed by atoms with Crippen LogP contribution in [0.4, 0.5) is 5.69 Å². The van der Waals surface area contributed by atoms with Gasteiger partial charge in [0.25, 0.3) is 11.8 Å². The number of aliphatic imine (C=N–C) groups is 1. The number of carbonyl (C=O) groups is 2. The number of amides is 2. The molecule has 1 heterocycles. The number of benzene rings is 1. The van der Waals surface area contributed by atoms with Crippen molar-refractivity contribution in [1.29, 1.82) is 0 Å². The van der Waals surface area contributed by atoms with E-state index in [1.54, 1.807) is 19.1 Å². The summed E-state index contributed by atoms with van der Waals surface area (Å²) in [7, 11) is 0. The maximum absolute atomic E-state index is 12.3. The first-order valence-electron chi connectivity index (χ1n) is 8.74. The van der Waals surface area contributed by atoms with Crippen LogP contribution in [0.5, 0.6) is 0 Å². The number of hydrogen-bond donors (Lipinski definition) is 2. The highest BCUT2D eigenvalue weighted by Crippen LogP contribution is 2.28. The fourth-order valence-electron chi connectivity index (χ4n) is 2.50. The van der Waals surface area contributed by atoms with Crippen molar-refractivity contribution < 1.29 is 14.3 Å². The lowest BCUT2D eigenvalue weighted by molar-refractivity contribution is -0.120. The predicted octanol–water partition coefficient (Wildman–Crippen LogP) is 1.26. The molecule has 2 amide bonds. The summed E-state index contributed by atoms with van der Waals surface area (Å²) < 4.78 is 5.54. The van der Waals surface area contributed by atoms with Crippen molar-refractivity contribution in [3.05, 3.63) is 30.3 Å².